The van der Waals surface area contributed by atoms with Gasteiger partial charge < -0.3 is 10.5 Å². The molecule has 7 heteroatoms. The highest BCUT2D eigenvalue weighted by atomic mass is 32.2. The summed E-state index contributed by atoms with van der Waals surface area (Å²) < 4.78 is 44.4. The van der Waals surface area contributed by atoms with Crippen LogP contribution in [-0.2, 0) is 10.0 Å². The van der Waals surface area contributed by atoms with Gasteiger partial charge in [0.15, 0.2) is 11.6 Å². The van der Waals surface area contributed by atoms with Gasteiger partial charge in [0.2, 0.25) is 10.0 Å². The van der Waals surface area contributed by atoms with Gasteiger partial charge in [0, 0.05) is 13.1 Å². The number of nitrogen functional groups attached to an aromatic ring is 1. The van der Waals surface area contributed by atoms with Crippen molar-refractivity contribution in [3.63, 3.8) is 0 Å². The smallest absolute Gasteiger partial charge is 0.243 e. The average molecular weight is 290 g/mol. The molecule has 19 heavy (non-hydrogen) atoms. The van der Waals surface area contributed by atoms with Gasteiger partial charge in [-0.1, -0.05) is 13.8 Å². The van der Waals surface area contributed by atoms with Crippen LogP contribution in [0.25, 0.3) is 0 Å². The second-order valence-corrected chi connectivity index (χ2v) is 5.96. The van der Waals surface area contributed by atoms with Crippen molar-refractivity contribution in [2.24, 2.45) is 0 Å². The predicted octanol–water partition coefficient (Wildman–Crippen LogP) is 1.84. The number of nitrogens with two attached hydrogens (primary N) is 1. The quantitative estimate of drug-likeness (QED) is 0.811. The molecule has 0 saturated carbocycles. The number of sulfonamides is 1. The summed E-state index contributed by atoms with van der Waals surface area (Å²) in [6.45, 7) is 4.31. The summed E-state index contributed by atoms with van der Waals surface area (Å²) in [4.78, 5) is -0.154. The Kier molecular flexibility index (Phi) is 5.13. The van der Waals surface area contributed by atoms with Gasteiger partial charge in [0.1, 0.15) is 0 Å². The third-order valence-electron chi connectivity index (χ3n) is 2.71. The first kappa shape index (κ1) is 15.7. The molecular formula is C12H19FN2O3S. The van der Waals surface area contributed by atoms with Crippen LogP contribution in [0.1, 0.15) is 20.3 Å². The third-order valence-corrected chi connectivity index (χ3v) is 4.67. The molecule has 0 spiro atoms. The van der Waals surface area contributed by atoms with Crippen LogP contribution in [0.2, 0.25) is 0 Å². The minimum absolute atomic E-state index is 0.0337. The molecule has 0 fully saturated rings. The van der Waals surface area contributed by atoms with Crippen LogP contribution in [-0.4, -0.2) is 32.9 Å². The van der Waals surface area contributed by atoms with E-state index in [0.29, 0.717) is 19.5 Å². The van der Waals surface area contributed by atoms with E-state index in [0.717, 1.165) is 6.07 Å². The fourth-order valence-corrected chi connectivity index (χ4v) is 3.39. The van der Waals surface area contributed by atoms with E-state index >= 15 is 0 Å². The highest BCUT2D eigenvalue weighted by Crippen LogP contribution is 2.29. The number of halogens is 1. The maximum atomic E-state index is 13.7. The molecular weight excluding hydrogens is 271 g/mol. The molecule has 1 aromatic carbocycles. The fraction of sp³-hybridized carbons (Fsp3) is 0.500. The lowest BCUT2D eigenvalue weighted by atomic mass is 10.3. The molecule has 1 aromatic rings. The van der Waals surface area contributed by atoms with Crippen LogP contribution < -0.4 is 10.5 Å². The normalized spacial score (nSPS) is 11.8. The summed E-state index contributed by atoms with van der Waals surface area (Å²) >= 11 is 0. The summed E-state index contributed by atoms with van der Waals surface area (Å²) in [6, 6.07) is 2.15. The highest BCUT2D eigenvalue weighted by Gasteiger charge is 2.24. The number of nitrogens with zero attached hydrogens (tertiary/aromatic N) is 1. The Hall–Kier alpha value is -1.34. The van der Waals surface area contributed by atoms with Crippen molar-refractivity contribution >= 4 is 15.7 Å². The SMILES string of the molecule is CCCN(CC)S(=O)(=O)c1cc(N)c(OC)c(F)c1. The van der Waals surface area contributed by atoms with Gasteiger partial charge in [0.25, 0.3) is 0 Å². The minimum atomic E-state index is -3.73. The van der Waals surface area contributed by atoms with Crippen LogP contribution in [0, 0.1) is 5.82 Å². The van der Waals surface area contributed by atoms with Crippen LogP contribution in [0.15, 0.2) is 17.0 Å². The second-order valence-electron chi connectivity index (χ2n) is 4.02. The van der Waals surface area contributed by atoms with Gasteiger partial charge >= 0.3 is 0 Å². The van der Waals surface area contributed by atoms with Gasteiger partial charge in [-0.2, -0.15) is 4.31 Å². The molecule has 0 aliphatic carbocycles. The van der Waals surface area contributed by atoms with E-state index in [4.69, 9.17) is 10.5 Å². The van der Waals surface area contributed by atoms with Crippen LogP contribution in [0.5, 0.6) is 5.75 Å². The number of hydrogen-bond donors (Lipinski definition) is 1. The van der Waals surface area contributed by atoms with Gasteiger partial charge in [0.05, 0.1) is 17.7 Å². The Morgan fingerprint density at radius 1 is 1.37 bits per heavy atom. The van der Waals surface area contributed by atoms with E-state index < -0.39 is 15.8 Å². The molecule has 0 atom stereocenters. The molecule has 0 amide bonds. The van der Waals surface area contributed by atoms with E-state index in [1.807, 2.05) is 6.92 Å². The first-order valence-corrected chi connectivity index (χ1v) is 7.45. The van der Waals surface area contributed by atoms with E-state index in [-0.39, 0.29) is 16.3 Å². The zero-order valence-corrected chi connectivity index (χ0v) is 12.1. The van der Waals surface area contributed by atoms with Gasteiger partial charge in [-0.3, -0.25) is 0 Å². The standard InChI is InChI=1S/C12H19FN2O3S/c1-4-6-15(5-2)19(16,17)9-7-10(13)12(18-3)11(14)8-9/h7-8H,4-6,14H2,1-3H3. The lowest BCUT2D eigenvalue weighted by Crippen LogP contribution is -2.31. The number of ether oxygens (including phenoxy) is 1. The van der Waals surface area contributed by atoms with Crippen LogP contribution in [0.3, 0.4) is 0 Å². The molecule has 108 valence electrons. The summed E-state index contributed by atoms with van der Waals surface area (Å²) in [6.07, 6.45) is 0.682. The van der Waals surface area contributed by atoms with Crippen LogP contribution in [0.4, 0.5) is 10.1 Å². The first-order valence-electron chi connectivity index (χ1n) is 6.01. The number of hydrogen-bond acceptors (Lipinski definition) is 4. The van der Waals surface area contributed by atoms with Crippen molar-refractivity contribution in [1.82, 2.24) is 4.31 Å². The Morgan fingerprint density at radius 3 is 2.42 bits per heavy atom. The van der Waals surface area contributed by atoms with Crippen molar-refractivity contribution < 1.29 is 17.5 Å². The Bertz CT molecular complexity index is 523. The number of rotatable bonds is 6. The maximum absolute atomic E-state index is 13.7. The zero-order chi connectivity index (χ0) is 14.6. The third kappa shape index (κ3) is 3.16. The van der Waals surface area contributed by atoms with E-state index in [1.165, 1.54) is 17.5 Å². The van der Waals surface area contributed by atoms with Crippen molar-refractivity contribution in [1.29, 1.82) is 0 Å². The number of benzene rings is 1. The van der Waals surface area contributed by atoms with E-state index in [9.17, 15) is 12.8 Å². The number of methoxy groups -OCH3 is 1. The Labute approximate surface area is 113 Å². The molecule has 0 aromatic heterocycles. The maximum Gasteiger partial charge on any atom is 0.243 e. The number of anilines is 1. The largest absolute Gasteiger partial charge is 0.492 e. The van der Waals surface area contributed by atoms with E-state index in [1.54, 1.807) is 6.92 Å². The van der Waals surface area contributed by atoms with Crippen molar-refractivity contribution in [2.75, 3.05) is 25.9 Å². The molecule has 0 bridgehead atoms. The summed E-state index contributed by atoms with van der Waals surface area (Å²) in [7, 11) is -2.45. The highest BCUT2D eigenvalue weighted by molar-refractivity contribution is 7.89. The average Bonchev–Trinajstić information content (AvgIpc) is 2.35. The molecule has 0 saturated heterocycles. The van der Waals surface area contributed by atoms with Gasteiger partial charge in [-0.05, 0) is 18.6 Å². The van der Waals surface area contributed by atoms with Gasteiger partial charge in [-0.15, -0.1) is 0 Å². The summed E-state index contributed by atoms with van der Waals surface area (Å²) in [5.41, 5.74) is 5.56. The van der Waals surface area contributed by atoms with Crippen molar-refractivity contribution in [2.45, 2.75) is 25.2 Å². The summed E-state index contributed by atoms with van der Waals surface area (Å²) in [5, 5.41) is 0. The lowest BCUT2D eigenvalue weighted by molar-refractivity contribution is 0.387. The van der Waals surface area contributed by atoms with Crippen molar-refractivity contribution in [3.8, 4) is 5.75 Å². The predicted molar refractivity (Wildman–Crippen MR) is 72.1 cm³/mol. The van der Waals surface area contributed by atoms with E-state index in [2.05, 4.69) is 0 Å². The first-order chi connectivity index (χ1) is 8.88. The lowest BCUT2D eigenvalue weighted by Gasteiger charge is -2.20. The minimum Gasteiger partial charge on any atom is -0.492 e. The fourth-order valence-electron chi connectivity index (χ4n) is 1.80. The molecule has 0 aliphatic rings. The van der Waals surface area contributed by atoms with Crippen molar-refractivity contribution in [3.05, 3.63) is 17.9 Å². The Balaban J connectivity index is 3.29. The molecule has 0 aliphatic heterocycles. The van der Waals surface area contributed by atoms with Crippen LogP contribution >= 0.6 is 0 Å². The molecule has 5 nitrogen and oxygen atoms in total. The topological polar surface area (TPSA) is 72.6 Å². The van der Waals surface area contributed by atoms with Gasteiger partial charge in [-0.25, -0.2) is 12.8 Å². The monoisotopic (exact) mass is 290 g/mol. The molecule has 0 heterocycles. The second kappa shape index (κ2) is 6.21. The summed E-state index contributed by atoms with van der Waals surface area (Å²) in [5.74, 6) is -0.925. The zero-order valence-electron chi connectivity index (χ0n) is 11.3. The molecule has 0 unspecified atom stereocenters. The molecule has 0 radical (unpaired) electrons. The molecule has 2 N–H and O–H groups in total. The Morgan fingerprint density at radius 2 is 2.00 bits per heavy atom. The molecule has 1 rings (SSSR count).